The van der Waals surface area contributed by atoms with Crippen LogP contribution in [0.5, 0.6) is 0 Å². The summed E-state index contributed by atoms with van der Waals surface area (Å²) in [5.74, 6) is 0.905. The maximum atomic E-state index is 12.0. The van der Waals surface area contributed by atoms with Crippen molar-refractivity contribution >= 4 is 23.1 Å². The summed E-state index contributed by atoms with van der Waals surface area (Å²) in [6.07, 6.45) is 2.10. The molecule has 0 aliphatic carbocycles. The summed E-state index contributed by atoms with van der Waals surface area (Å²) in [5.41, 5.74) is 3.57. The number of hydrogen-bond acceptors (Lipinski definition) is 6. The highest BCUT2D eigenvalue weighted by Crippen LogP contribution is 2.18. The fourth-order valence-corrected chi connectivity index (χ4v) is 2.93. The number of nitrogens with one attached hydrogen (secondary N) is 1. The Kier molecular flexibility index (Phi) is 4.97. The van der Waals surface area contributed by atoms with E-state index in [2.05, 4.69) is 20.2 Å². The Hall–Kier alpha value is -1.99. The van der Waals surface area contributed by atoms with Crippen molar-refractivity contribution in [1.29, 1.82) is 0 Å². The first-order valence-electron chi connectivity index (χ1n) is 7.23. The lowest BCUT2D eigenvalue weighted by atomic mass is 10.2. The molecule has 0 unspecified atom stereocenters. The van der Waals surface area contributed by atoms with E-state index < -0.39 is 0 Å². The molecular formula is C15H18N4O2S. The summed E-state index contributed by atoms with van der Waals surface area (Å²) in [6.45, 7) is 3.56. The third kappa shape index (κ3) is 3.80. The Balaban J connectivity index is 1.61. The molecule has 0 radical (unpaired) electrons. The molecule has 0 aromatic carbocycles. The molecule has 116 valence electrons. The number of thiazole rings is 1. The summed E-state index contributed by atoms with van der Waals surface area (Å²) in [4.78, 5) is 22.8. The van der Waals surface area contributed by atoms with Crippen molar-refractivity contribution in [3.05, 3.63) is 40.5 Å². The predicted molar refractivity (Wildman–Crippen MR) is 84.9 cm³/mol. The number of aromatic nitrogens is 2. The van der Waals surface area contributed by atoms with Gasteiger partial charge < -0.3 is 15.0 Å². The molecule has 2 aromatic heterocycles. The van der Waals surface area contributed by atoms with Crippen molar-refractivity contribution in [2.75, 3.05) is 31.2 Å². The number of ether oxygens (including phenoxy) is 1. The Morgan fingerprint density at radius 2 is 2.23 bits per heavy atom. The molecule has 1 aliphatic heterocycles. The first kappa shape index (κ1) is 14.9. The zero-order valence-corrected chi connectivity index (χ0v) is 13.0. The number of amides is 1. The van der Waals surface area contributed by atoms with Gasteiger partial charge >= 0.3 is 0 Å². The summed E-state index contributed by atoms with van der Waals surface area (Å²) in [5, 5.41) is 4.84. The first-order valence-corrected chi connectivity index (χ1v) is 8.17. The minimum atomic E-state index is -0.0253. The van der Waals surface area contributed by atoms with Gasteiger partial charge in [0.1, 0.15) is 5.82 Å². The zero-order chi connectivity index (χ0) is 15.2. The van der Waals surface area contributed by atoms with Crippen LogP contribution < -0.4 is 10.2 Å². The van der Waals surface area contributed by atoms with Gasteiger partial charge in [0.15, 0.2) is 0 Å². The summed E-state index contributed by atoms with van der Waals surface area (Å²) in [6, 6.07) is 3.90. The zero-order valence-electron chi connectivity index (χ0n) is 12.2. The van der Waals surface area contributed by atoms with Gasteiger partial charge in [0, 0.05) is 36.8 Å². The van der Waals surface area contributed by atoms with Crippen molar-refractivity contribution in [3.8, 4) is 0 Å². The Morgan fingerprint density at radius 1 is 1.36 bits per heavy atom. The third-order valence-corrected chi connectivity index (χ3v) is 4.11. The molecule has 0 spiro atoms. The summed E-state index contributed by atoms with van der Waals surface area (Å²) < 4.78 is 5.37. The van der Waals surface area contributed by atoms with Crippen LogP contribution >= 0.6 is 11.3 Å². The van der Waals surface area contributed by atoms with Gasteiger partial charge in [-0.1, -0.05) is 6.07 Å². The maximum absolute atomic E-state index is 12.0. The lowest BCUT2D eigenvalue weighted by Gasteiger charge is -2.29. The molecular weight excluding hydrogens is 300 g/mol. The van der Waals surface area contributed by atoms with Gasteiger partial charge in [-0.3, -0.25) is 4.79 Å². The third-order valence-electron chi connectivity index (χ3n) is 3.48. The van der Waals surface area contributed by atoms with Crippen LogP contribution in [0, 0.1) is 0 Å². The normalized spacial score (nSPS) is 14.8. The smallest absolute Gasteiger partial charge is 0.226 e. The molecule has 1 N–H and O–H groups in total. The van der Waals surface area contributed by atoms with E-state index in [1.165, 1.54) is 11.3 Å². The molecule has 0 bridgehead atoms. The molecule has 7 heteroatoms. The number of morpholine rings is 1. The Labute approximate surface area is 133 Å². The molecule has 3 heterocycles. The highest BCUT2D eigenvalue weighted by molar-refractivity contribution is 7.07. The molecule has 3 rings (SSSR count). The van der Waals surface area contributed by atoms with Gasteiger partial charge in [0.05, 0.1) is 30.8 Å². The maximum Gasteiger partial charge on any atom is 0.226 e. The average molecular weight is 318 g/mol. The average Bonchev–Trinajstić information content (AvgIpc) is 3.07. The largest absolute Gasteiger partial charge is 0.378 e. The molecule has 1 fully saturated rings. The van der Waals surface area contributed by atoms with Crippen molar-refractivity contribution in [3.63, 3.8) is 0 Å². The van der Waals surface area contributed by atoms with Crippen LogP contribution in [-0.4, -0.2) is 42.2 Å². The Bertz CT molecular complexity index is 612. The number of hydrogen-bond donors (Lipinski definition) is 1. The second-order valence-corrected chi connectivity index (χ2v) is 5.74. The van der Waals surface area contributed by atoms with Crippen LogP contribution in [0.15, 0.2) is 29.2 Å². The quantitative estimate of drug-likeness (QED) is 0.898. The van der Waals surface area contributed by atoms with E-state index in [9.17, 15) is 4.79 Å². The SMILES string of the molecule is O=C(Cc1cscn1)NCc1cccnc1N1CCOCC1. The molecule has 1 amide bonds. The van der Waals surface area contributed by atoms with Gasteiger partial charge in [-0.25, -0.2) is 9.97 Å². The standard InChI is InChI=1S/C15H18N4O2S/c20-14(8-13-10-22-11-18-13)17-9-12-2-1-3-16-15(12)19-4-6-21-7-5-19/h1-3,10-11H,4-9H2,(H,17,20). The van der Waals surface area contributed by atoms with Crippen molar-refractivity contribution in [1.82, 2.24) is 15.3 Å². The molecule has 2 aromatic rings. The Morgan fingerprint density at radius 3 is 3.00 bits per heavy atom. The van der Waals surface area contributed by atoms with Crippen molar-refractivity contribution in [2.24, 2.45) is 0 Å². The van der Waals surface area contributed by atoms with Crippen molar-refractivity contribution < 1.29 is 9.53 Å². The van der Waals surface area contributed by atoms with Crippen molar-refractivity contribution in [2.45, 2.75) is 13.0 Å². The van der Waals surface area contributed by atoms with Gasteiger partial charge in [0.2, 0.25) is 5.91 Å². The van der Waals surface area contributed by atoms with E-state index in [0.717, 1.165) is 30.2 Å². The van der Waals surface area contributed by atoms with E-state index >= 15 is 0 Å². The van der Waals surface area contributed by atoms with Crippen LogP contribution in [0.2, 0.25) is 0 Å². The van der Waals surface area contributed by atoms with Gasteiger partial charge in [-0.15, -0.1) is 11.3 Å². The van der Waals surface area contributed by atoms with Crippen LogP contribution in [0.3, 0.4) is 0 Å². The predicted octanol–water partition coefficient (Wildman–Crippen LogP) is 1.23. The minimum absolute atomic E-state index is 0.0253. The molecule has 1 aliphatic rings. The second-order valence-electron chi connectivity index (χ2n) is 5.02. The van der Waals surface area contributed by atoms with Gasteiger partial charge in [-0.2, -0.15) is 0 Å². The van der Waals surface area contributed by atoms with E-state index in [1.807, 2.05) is 17.5 Å². The topological polar surface area (TPSA) is 67.4 Å². The molecule has 0 atom stereocenters. The highest BCUT2D eigenvalue weighted by Gasteiger charge is 2.16. The highest BCUT2D eigenvalue weighted by atomic mass is 32.1. The van der Waals surface area contributed by atoms with E-state index in [4.69, 9.17) is 4.74 Å². The number of nitrogens with zero attached hydrogens (tertiary/aromatic N) is 3. The number of rotatable bonds is 5. The van der Waals surface area contributed by atoms with Gasteiger partial charge in [-0.05, 0) is 6.07 Å². The number of carbonyl (C=O) groups excluding carboxylic acids is 1. The van der Waals surface area contributed by atoms with E-state index in [0.29, 0.717) is 26.2 Å². The van der Waals surface area contributed by atoms with Crippen LogP contribution in [-0.2, 0) is 22.5 Å². The second kappa shape index (κ2) is 7.33. The fourth-order valence-electron chi connectivity index (χ4n) is 2.37. The molecule has 1 saturated heterocycles. The minimum Gasteiger partial charge on any atom is -0.378 e. The lowest BCUT2D eigenvalue weighted by molar-refractivity contribution is -0.120. The lowest BCUT2D eigenvalue weighted by Crippen LogP contribution is -2.38. The summed E-state index contributed by atoms with van der Waals surface area (Å²) in [7, 11) is 0. The summed E-state index contributed by atoms with van der Waals surface area (Å²) >= 11 is 1.50. The van der Waals surface area contributed by atoms with E-state index in [1.54, 1.807) is 11.7 Å². The van der Waals surface area contributed by atoms with Gasteiger partial charge in [0.25, 0.3) is 0 Å². The number of carbonyl (C=O) groups is 1. The monoisotopic (exact) mass is 318 g/mol. The molecule has 22 heavy (non-hydrogen) atoms. The first-order chi connectivity index (χ1) is 10.8. The van der Waals surface area contributed by atoms with Crippen LogP contribution in [0.25, 0.3) is 0 Å². The van der Waals surface area contributed by atoms with Crippen LogP contribution in [0.4, 0.5) is 5.82 Å². The molecule has 0 saturated carbocycles. The number of anilines is 1. The molecule has 6 nitrogen and oxygen atoms in total. The van der Waals surface area contributed by atoms with E-state index in [-0.39, 0.29) is 5.91 Å². The van der Waals surface area contributed by atoms with Crippen LogP contribution in [0.1, 0.15) is 11.3 Å². The fraction of sp³-hybridized carbons (Fsp3) is 0.400. The number of pyridine rings is 1.